The molecule has 0 heterocycles. The maximum absolute atomic E-state index is 10.9. The summed E-state index contributed by atoms with van der Waals surface area (Å²) in [6.07, 6.45) is 7.20. The highest BCUT2D eigenvalue weighted by atomic mass is 79.9. The normalized spacial score (nSPS) is 22.7. The zero-order chi connectivity index (χ0) is 14.5. The van der Waals surface area contributed by atoms with Crippen molar-refractivity contribution in [3.05, 3.63) is 38.3 Å². The van der Waals surface area contributed by atoms with E-state index in [4.69, 9.17) is 0 Å². The summed E-state index contributed by atoms with van der Waals surface area (Å²) in [5.74, 6) is 0. The van der Waals surface area contributed by atoms with Gasteiger partial charge in [-0.25, -0.2) is 0 Å². The van der Waals surface area contributed by atoms with Crippen molar-refractivity contribution in [3.8, 4) is 0 Å². The summed E-state index contributed by atoms with van der Waals surface area (Å²) in [5.41, 5.74) is 1.10. The van der Waals surface area contributed by atoms with Crippen LogP contribution in [0.15, 0.2) is 22.7 Å². The second kappa shape index (κ2) is 7.43. The van der Waals surface area contributed by atoms with Crippen molar-refractivity contribution in [1.29, 1.82) is 0 Å². The molecule has 1 fully saturated rings. The van der Waals surface area contributed by atoms with Crippen molar-refractivity contribution in [1.82, 2.24) is 5.32 Å². The van der Waals surface area contributed by atoms with Crippen LogP contribution < -0.4 is 5.32 Å². The third-order valence-electron chi connectivity index (χ3n) is 3.73. The summed E-state index contributed by atoms with van der Waals surface area (Å²) in [7, 11) is 0. The number of hydrogen-bond acceptors (Lipinski definition) is 4. The number of thioether (sulfide) groups is 1. The van der Waals surface area contributed by atoms with Gasteiger partial charge in [-0.15, -0.1) is 0 Å². The van der Waals surface area contributed by atoms with Crippen LogP contribution in [0.3, 0.4) is 0 Å². The van der Waals surface area contributed by atoms with Crippen molar-refractivity contribution in [2.75, 3.05) is 6.26 Å². The van der Waals surface area contributed by atoms with E-state index in [1.54, 1.807) is 6.07 Å². The molecule has 2 atom stereocenters. The third kappa shape index (κ3) is 4.20. The van der Waals surface area contributed by atoms with Crippen LogP contribution in [0.25, 0.3) is 0 Å². The minimum absolute atomic E-state index is 0.140. The average molecular weight is 359 g/mol. The number of benzene rings is 1. The van der Waals surface area contributed by atoms with Gasteiger partial charge in [0.1, 0.15) is 0 Å². The number of hydrogen-bond donors (Lipinski definition) is 1. The number of nitrogens with zero attached hydrogens (tertiary/aromatic N) is 1. The molecule has 1 N–H and O–H groups in total. The van der Waals surface area contributed by atoms with E-state index in [9.17, 15) is 10.1 Å². The van der Waals surface area contributed by atoms with Crippen LogP contribution >= 0.6 is 27.7 Å². The number of non-ortho nitro benzene ring substituents is 1. The van der Waals surface area contributed by atoms with Crippen LogP contribution in [-0.4, -0.2) is 22.5 Å². The summed E-state index contributed by atoms with van der Waals surface area (Å²) < 4.78 is 0.758. The highest BCUT2D eigenvalue weighted by molar-refractivity contribution is 9.10. The van der Waals surface area contributed by atoms with Crippen LogP contribution in [0, 0.1) is 10.1 Å². The molecule has 0 aliphatic heterocycles. The first kappa shape index (κ1) is 15.8. The van der Waals surface area contributed by atoms with Crippen molar-refractivity contribution in [3.63, 3.8) is 0 Å². The number of nitrogens with one attached hydrogen (secondary N) is 1. The second-order valence-electron chi connectivity index (χ2n) is 5.12. The molecule has 1 aliphatic rings. The van der Waals surface area contributed by atoms with Gasteiger partial charge in [0, 0.05) is 34.4 Å². The van der Waals surface area contributed by atoms with Gasteiger partial charge in [-0.2, -0.15) is 11.8 Å². The molecule has 0 saturated heterocycles. The summed E-state index contributed by atoms with van der Waals surface area (Å²) in [6, 6.07) is 5.64. The molecule has 20 heavy (non-hydrogen) atoms. The Bertz CT molecular complexity index is 484. The molecule has 2 unspecified atom stereocenters. The Hall–Kier alpha value is -0.590. The first-order valence-corrected chi connectivity index (χ1v) is 8.88. The van der Waals surface area contributed by atoms with Crippen molar-refractivity contribution in [2.45, 2.75) is 43.5 Å². The topological polar surface area (TPSA) is 55.2 Å². The van der Waals surface area contributed by atoms with Gasteiger partial charge in [0.25, 0.3) is 5.69 Å². The average Bonchev–Trinajstić information content (AvgIpc) is 2.44. The van der Waals surface area contributed by atoms with Crippen LogP contribution in [0.2, 0.25) is 0 Å². The molecule has 110 valence electrons. The van der Waals surface area contributed by atoms with Gasteiger partial charge >= 0.3 is 0 Å². The predicted molar refractivity (Wildman–Crippen MR) is 87.2 cm³/mol. The summed E-state index contributed by atoms with van der Waals surface area (Å²) in [5, 5.41) is 15.1. The highest BCUT2D eigenvalue weighted by Crippen LogP contribution is 2.28. The quantitative estimate of drug-likeness (QED) is 0.635. The molecule has 2 rings (SSSR count). The lowest BCUT2D eigenvalue weighted by Crippen LogP contribution is -2.39. The fourth-order valence-electron chi connectivity index (χ4n) is 2.70. The molecule has 1 aliphatic carbocycles. The fourth-order valence-corrected chi connectivity index (χ4v) is 4.19. The molecule has 0 radical (unpaired) electrons. The van der Waals surface area contributed by atoms with E-state index >= 15 is 0 Å². The molecule has 4 nitrogen and oxygen atoms in total. The lowest BCUT2D eigenvalue weighted by Gasteiger charge is -2.31. The molecular formula is C14H19BrN2O2S. The van der Waals surface area contributed by atoms with E-state index in [0.717, 1.165) is 10.0 Å². The van der Waals surface area contributed by atoms with Crippen LogP contribution in [0.5, 0.6) is 0 Å². The van der Waals surface area contributed by atoms with E-state index in [1.807, 2.05) is 17.8 Å². The Morgan fingerprint density at radius 3 is 2.85 bits per heavy atom. The smallest absolute Gasteiger partial charge is 0.270 e. The molecule has 1 aromatic carbocycles. The second-order valence-corrected chi connectivity index (χ2v) is 7.11. The van der Waals surface area contributed by atoms with Gasteiger partial charge in [0.15, 0.2) is 0 Å². The zero-order valence-corrected chi connectivity index (χ0v) is 13.9. The molecule has 0 spiro atoms. The molecule has 0 bridgehead atoms. The van der Waals surface area contributed by atoms with E-state index < -0.39 is 0 Å². The SMILES string of the molecule is CSC1CCCCC1NCc1cc(Br)cc([N+](=O)[O-])c1. The standard InChI is InChI=1S/C14H19BrN2O2S/c1-20-14-5-3-2-4-13(14)16-9-10-6-11(15)8-12(7-10)17(18)19/h6-8,13-14,16H,2-5,9H2,1H3. The monoisotopic (exact) mass is 358 g/mol. The molecule has 1 saturated carbocycles. The minimum Gasteiger partial charge on any atom is -0.309 e. The Kier molecular flexibility index (Phi) is 5.86. The van der Waals surface area contributed by atoms with Gasteiger partial charge in [-0.3, -0.25) is 10.1 Å². The number of nitro groups is 1. The summed E-state index contributed by atoms with van der Waals surface area (Å²) >= 11 is 5.26. The first-order chi connectivity index (χ1) is 9.60. The summed E-state index contributed by atoms with van der Waals surface area (Å²) in [6.45, 7) is 0.683. The van der Waals surface area contributed by atoms with Crippen molar-refractivity contribution >= 4 is 33.4 Å². The van der Waals surface area contributed by atoms with E-state index in [-0.39, 0.29) is 10.6 Å². The largest absolute Gasteiger partial charge is 0.309 e. The fraction of sp³-hybridized carbons (Fsp3) is 0.571. The number of rotatable bonds is 5. The number of nitro benzene ring substituents is 1. The molecule has 0 amide bonds. The molecule has 6 heteroatoms. The highest BCUT2D eigenvalue weighted by Gasteiger charge is 2.23. The summed E-state index contributed by atoms with van der Waals surface area (Å²) in [4.78, 5) is 10.5. The minimum atomic E-state index is -0.348. The van der Waals surface area contributed by atoms with E-state index in [1.165, 1.54) is 31.7 Å². The maximum Gasteiger partial charge on any atom is 0.270 e. The first-order valence-electron chi connectivity index (χ1n) is 6.80. The Balaban J connectivity index is 2.01. The zero-order valence-electron chi connectivity index (χ0n) is 11.5. The lowest BCUT2D eigenvalue weighted by atomic mass is 9.94. The van der Waals surface area contributed by atoms with Crippen molar-refractivity contribution < 1.29 is 4.92 Å². The van der Waals surface area contributed by atoms with Crippen molar-refractivity contribution in [2.24, 2.45) is 0 Å². The van der Waals surface area contributed by atoms with E-state index in [0.29, 0.717) is 17.8 Å². The molecular weight excluding hydrogens is 340 g/mol. The van der Waals surface area contributed by atoms with E-state index in [2.05, 4.69) is 27.5 Å². The van der Waals surface area contributed by atoms with Gasteiger partial charge in [0.05, 0.1) is 4.92 Å². The maximum atomic E-state index is 10.9. The van der Waals surface area contributed by atoms with Gasteiger partial charge in [-0.1, -0.05) is 28.8 Å². The predicted octanol–water partition coefficient (Wildman–Crippen LogP) is 4.12. The Morgan fingerprint density at radius 1 is 1.40 bits per heavy atom. The number of halogens is 1. The molecule has 0 aromatic heterocycles. The lowest BCUT2D eigenvalue weighted by molar-refractivity contribution is -0.385. The Morgan fingerprint density at radius 2 is 2.15 bits per heavy atom. The molecule has 1 aromatic rings. The van der Waals surface area contributed by atoms with Gasteiger partial charge in [-0.05, 0) is 30.7 Å². The van der Waals surface area contributed by atoms with Gasteiger partial charge < -0.3 is 5.32 Å². The Labute approximate surface area is 132 Å². The van der Waals surface area contributed by atoms with Crippen LogP contribution in [0.1, 0.15) is 31.2 Å². The van der Waals surface area contributed by atoms with Crippen LogP contribution in [-0.2, 0) is 6.54 Å². The third-order valence-corrected chi connectivity index (χ3v) is 5.35. The van der Waals surface area contributed by atoms with Crippen LogP contribution in [0.4, 0.5) is 5.69 Å². The van der Waals surface area contributed by atoms with Gasteiger partial charge in [0.2, 0.25) is 0 Å².